The van der Waals surface area contributed by atoms with Crippen LogP contribution in [0.3, 0.4) is 0 Å². The molecule has 0 aromatic rings. The lowest BCUT2D eigenvalue weighted by atomic mass is 10.1. The number of aliphatic carboxylic acids is 1. The molecule has 4 heteroatoms. The summed E-state index contributed by atoms with van der Waals surface area (Å²) in [5.74, 6) is -0.196. The van der Waals surface area contributed by atoms with E-state index in [0.717, 1.165) is 0 Å². The van der Waals surface area contributed by atoms with E-state index in [1.54, 1.807) is 17.8 Å². The first-order valence-electron chi connectivity index (χ1n) is 5.37. The Morgan fingerprint density at radius 2 is 1.75 bits per heavy atom. The predicted octanol–water partition coefficient (Wildman–Crippen LogP) is 2.87. The molecule has 0 amide bonds. The maximum absolute atomic E-state index is 11.0. The van der Waals surface area contributed by atoms with E-state index in [4.69, 9.17) is 5.11 Å². The van der Waals surface area contributed by atoms with Gasteiger partial charge in [0.25, 0.3) is 0 Å². The molecule has 0 aliphatic heterocycles. The first kappa shape index (κ1) is 15.4. The molecule has 0 aliphatic rings. The molecule has 0 heterocycles. The molecule has 0 saturated heterocycles. The van der Waals surface area contributed by atoms with E-state index in [2.05, 4.69) is 26.1 Å². The number of rotatable bonds is 4. The fraction of sp³-hybridized carbons (Fsp3) is 0.750. The van der Waals surface area contributed by atoms with E-state index in [0.29, 0.717) is 5.75 Å². The van der Waals surface area contributed by atoms with Crippen LogP contribution in [0.4, 0.5) is 0 Å². The van der Waals surface area contributed by atoms with E-state index in [-0.39, 0.29) is 16.0 Å². The van der Waals surface area contributed by atoms with Crippen molar-refractivity contribution in [2.45, 2.75) is 51.8 Å². The number of nitrogens with one attached hydrogen (secondary N) is 1. The van der Waals surface area contributed by atoms with Crippen LogP contribution in [0.1, 0.15) is 41.5 Å². The van der Waals surface area contributed by atoms with Crippen molar-refractivity contribution in [2.24, 2.45) is 0 Å². The van der Waals surface area contributed by atoms with Gasteiger partial charge in [0.2, 0.25) is 0 Å². The zero-order chi connectivity index (χ0) is 13.0. The normalized spacial score (nSPS) is 13.8. The molecule has 0 atom stereocenters. The Hall–Kier alpha value is -0.640. The number of carbonyl (C=O) groups is 1. The number of hydrogen-bond donors (Lipinski definition) is 2. The lowest BCUT2D eigenvalue weighted by Crippen LogP contribution is -2.37. The van der Waals surface area contributed by atoms with Gasteiger partial charge in [-0.2, -0.15) is 11.8 Å². The van der Waals surface area contributed by atoms with E-state index in [1.807, 2.05) is 20.8 Å². The minimum atomic E-state index is -0.899. The summed E-state index contributed by atoms with van der Waals surface area (Å²) in [4.78, 5) is 11.0. The second-order valence-corrected chi connectivity index (χ2v) is 7.57. The van der Waals surface area contributed by atoms with Crippen molar-refractivity contribution in [1.29, 1.82) is 0 Å². The highest BCUT2D eigenvalue weighted by molar-refractivity contribution is 8.00. The Kier molecular flexibility index (Phi) is 5.39. The maximum atomic E-state index is 11.0. The van der Waals surface area contributed by atoms with Gasteiger partial charge >= 0.3 is 5.97 Å². The zero-order valence-electron chi connectivity index (χ0n) is 11.0. The molecule has 0 aliphatic carbocycles. The molecule has 0 aromatic carbocycles. The van der Waals surface area contributed by atoms with Gasteiger partial charge in [0.15, 0.2) is 0 Å². The minimum Gasteiger partial charge on any atom is -0.477 e. The summed E-state index contributed by atoms with van der Waals surface area (Å²) in [5, 5.41) is 12.0. The molecule has 2 N–H and O–H groups in total. The second-order valence-electron chi connectivity index (χ2n) is 5.72. The molecule has 0 rings (SSSR count). The Morgan fingerprint density at radius 1 is 1.25 bits per heavy atom. The molecule has 94 valence electrons. The average Bonchev–Trinajstić information content (AvgIpc) is 1.97. The summed E-state index contributed by atoms with van der Waals surface area (Å²) in [5.41, 5.74) is 0.0561. The zero-order valence-corrected chi connectivity index (χ0v) is 11.9. The molecule has 16 heavy (non-hydrogen) atoms. The van der Waals surface area contributed by atoms with E-state index < -0.39 is 5.97 Å². The van der Waals surface area contributed by atoms with Crippen molar-refractivity contribution in [3.05, 3.63) is 11.8 Å². The van der Waals surface area contributed by atoms with E-state index >= 15 is 0 Å². The van der Waals surface area contributed by atoms with Gasteiger partial charge in [-0.1, -0.05) is 20.8 Å². The largest absolute Gasteiger partial charge is 0.477 e. The first-order chi connectivity index (χ1) is 7.01. The quantitative estimate of drug-likeness (QED) is 0.748. The lowest BCUT2D eigenvalue weighted by Gasteiger charge is -2.23. The van der Waals surface area contributed by atoms with Gasteiger partial charge in [-0.15, -0.1) is 0 Å². The van der Waals surface area contributed by atoms with Crippen LogP contribution in [-0.2, 0) is 4.79 Å². The van der Waals surface area contributed by atoms with Gasteiger partial charge in [0, 0.05) is 16.0 Å². The maximum Gasteiger partial charge on any atom is 0.351 e. The van der Waals surface area contributed by atoms with Crippen molar-refractivity contribution in [2.75, 3.05) is 5.75 Å². The van der Waals surface area contributed by atoms with Crippen molar-refractivity contribution in [3.63, 3.8) is 0 Å². The summed E-state index contributed by atoms with van der Waals surface area (Å²) >= 11 is 1.73. The highest BCUT2D eigenvalue weighted by atomic mass is 32.2. The molecule has 0 fully saturated rings. The monoisotopic (exact) mass is 245 g/mol. The van der Waals surface area contributed by atoms with Crippen molar-refractivity contribution in [1.82, 2.24) is 5.32 Å². The molecule has 0 saturated carbocycles. The third-order valence-electron chi connectivity index (χ3n) is 1.54. The second kappa shape index (κ2) is 5.62. The van der Waals surface area contributed by atoms with Gasteiger partial charge in [-0.05, 0) is 26.8 Å². The van der Waals surface area contributed by atoms with Gasteiger partial charge in [0.1, 0.15) is 5.70 Å². The highest BCUT2D eigenvalue weighted by Crippen LogP contribution is 2.23. The van der Waals surface area contributed by atoms with Gasteiger partial charge in [-0.25, -0.2) is 4.79 Å². The van der Waals surface area contributed by atoms with Crippen molar-refractivity contribution in [3.8, 4) is 0 Å². The fourth-order valence-corrected chi connectivity index (χ4v) is 1.72. The number of thioether (sulfide) groups is 1. The Bertz CT molecular complexity index is 272. The number of hydrogen-bond acceptors (Lipinski definition) is 3. The summed E-state index contributed by atoms with van der Waals surface area (Å²) in [6, 6.07) is 0. The Morgan fingerprint density at radius 3 is 2.06 bits per heavy atom. The Labute approximate surface area is 103 Å². The molecule has 3 nitrogen and oxygen atoms in total. The first-order valence-corrected chi connectivity index (χ1v) is 6.35. The topological polar surface area (TPSA) is 49.3 Å². The van der Waals surface area contributed by atoms with Crippen LogP contribution in [0.15, 0.2) is 11.8 Å². The SMILES string of the molecule is CC(C)(C)N/C(=C/CSC(C)(C)C)C(=O)O. The third kappa shape index (κ3) is 8.65. The average molecular weight is 245 g/mol. The van der Waals surface area contributed by atoms with Crippen LogP contribution in [0.25, 0.3) is 0 Å². The van der Waals surface area contributed by atoms with Crippen molar-refractivity contribution < 1.29 is 9.90 Å². The summed E-state index contributed by atoms with van der Waals surface area (Å²) in [6.45, 7) is 12.2. The number of carboxylic acids is 1. The van der Waals surface area contributed by atoms with Crippen LogP contribution in [0, 0.1) is 0 Å². The highest BCUT2D eigenvalue weighted by Gasteiger charge is 2.16. The molecule has 0 spiro atoms. The van der Waals surface area contributed by atoms with Crippen LogP contribution >= 0.6 is 11.8 Å². The predicted molar refractivity (Wildman–Crippen MR) is 70.8 cm³/mol. The van der Waals surface area contributed by atoms with Crippen LogP contribution in [0.5, 0.6) is 0 Å². The fourth-order valence-electron chi connectivity index (χ4n) is 0.971. The molecule has 0 aromatic heterocycles. The molecule has 0 bridgehead atoms. The van der Waals surface area contributed by atoms with Gasteiger partial charge < -0.3 is 10.4 Å². The minimum absolute atomic E-state index is 0.155. The third-order valence-corrected chi connectivity index (χ3v) is 2.74. The van der Waals surface area contributed by atoms with Gasteiger partial charge in [0.05, 0.1) is 0 Å². The van der Waals surface area contributed by atoms with Crippen molar-refractivity contribution >= 4 is 17.7 Å². The summed E-state index contributed by atoms with van der Waals surface area (Å²) < 4.78 is 0.155. The van der Waals surface area contributed by atoms with Crippen LogP contribution in [0.2, 0.25) is 0 Å². The standard InChI is InChI=1S/C12H23NO2S/c1-11(2,3)13-9(10(14)15)7-8-16-12(4,5)6/h7,13H,8H2,1-6H3,(H,14,15)/b9-7+. The molecular formula is C12H23NO2S. The van der Waals surface area contributed by atoms with Gasteiger partial charge in [-0.3, -0.25) is 0 Å². The lowest BCUT2D eigenvalue weighted by molar-refractivity contribution is -0.133. The van der Waals surface area contributed by atoms with Crippen LogP contribution < -0.4 is 5.32 Å². The summed E-state index contributed by atoms with van der Waals surface area (Å²) in [6.07, 6.45) is 1.74. The van der Waals surface area contributed by atoms with E-state index in [9.17, 15) is 4.79 Å². The molecular weight excluding hydrogens is 222 g/mol. The Balaban J connectivity index is 4.44. The number of carboxylic acid groups (broad SMARTS) is 1. The van der Waals surface area contributed by atoms with Crippen LogP contribution in [-0.4, -0.2) is 27.1 Å². The smallest absolute Gasteiger partial charge is 0.351 e. The molecule has 0 unspecified atom stereocenters. The summed E-state index contributed by atoms with van der Waals surface area (Å²) in [7, 11) is 0. The van der Waals surface area contributed by atoms with E-state index in [1.165, 1.54) is 0 Å². The molecule has 0 radical (unpaired) electrons.